The zero-order valence-corrected chi connectivity index (χ0v) is 7.82. The van der Waals surface area contributed by atoms with Crippen LogP contribution < -0.4 is 0 Å². The summed E-state index contributed by atoms with van der Waals surface area (Å²) in [7, 11) is 0. The molecule has 74 valence electrons. The van der Waals surface area contributed by atoms with Crippen LogP contribution in [0, 0.1) is 0 Å². The summed E-state index contributed by atoms with van der Waals surface area (Å²) in [6.07, 6.45) is 5.97. The van der Waals surface area contributed by atoms with Gasteiger partial charge in [-0.05, 0) is 32.1 Å². The molecule has 0 aromatic heterocycles. The number of hydrogen-bond acceptors (Lipinski definition) is 3. The van der Waals surface area contributed by atoms with Crippen molar-refractivity contribution in [2.24, 2.45) is 5.16 Å². The molecule has 0 bridgehead atoms. The molecule has 1 aliphatic rings. The average molecular weight is 185 g/mol. The molecule has 0 heterocycles. The summed E-state index contributed by atoms with van der Waals surface area (Å²) in [5, 5.41) is 11.8. The van der Waals surface area contributed by atoms with Gasteiger partial charge in [0.05, 0.1) is 0 Å². The Morgan fingerprint density at radius 3 is 2.69 bits per heavy atom. The number of carboxylic acid groups (broad SMARTS) is 1. The van der Waals surface area contributed by atoms with Crippen molar-refractivity contribution >= 4 is 12.2 Å². The SMILES string of the molecule is CCC1(ON=CC(=O)O)CCCC1. The van der Waals surface area contributed by atoms with Gasteiger partial charge in [0, 0.05) is 0 Å². The molecule has 0 unspecified atom stereocenters. The van der Waals surface area contributed by atoms with Gasteiger partial charge in [0.2, 0.25) is 0 Å². The van der Waals surface area contributed by atoms with E-state index < -0.39 is 5.97 Å². The van der Waals surface area contributed by atoms with Gasteiger partial charge >= 0.3 is 5.97 Å². The predicted molar refractivity (Wildman–Crippen MR) is 48.7 cm³/mol. The molecule has 0 saturated heterocycles. The Hall–Kier alpha value is -1.06. The minimum atomic E-state index is -1.07. The Kier molecular flexibility index (Phi) is 3.28. The number of carbonyl (C=O) groups is 1. The topological polar surface area (TPSA) is 58.9 Å². The first-order valence-electron chi connectivity index (χ1n) is 4.63. The van der Waals surface area contributed by atoms with Crippen LogP contribution >= 0.6 is 0 Å². The zero-order chi connectivity index (χ0) is 9.73. The Labute approximate surface area is 77.6 Å². The Balaban J connectivity index is 2.44. The van der Waals surface area contributed by atoms with E-state index in [4.69, 9.17) is 9.94 Å². The first kappa shape index (κ1) is 10.0. The fourth-order valence-corrected chi connectivity index (χ4v) is 1.71. The first-order valence-corrected chi connectivity index (χ1v) is 4.63. The van der Waals surface area contributed by atoms with Crippen molar-refractivity contribution in [1.29, 1.82) is 0 Å². The standard InChI is InChI=1S/C9H15NO3/c1-2-9(5-3-4-6-9)13-10-7-8(11)12/h7H,2-6H2,1H3,(H,11,12). The molecule has 0 amide bonds. The normalized spacial score (nSPS) is 20.7. The highest BCUT2D eigenvalue weighted by atomic mass is 16.6. The zero-order valence-electron chi connectivity index (χ0n) is 7.82. The van der Waals surface area contributed by atoms with E-state index in [0.29, 0.717) is 0 Å². The van der Waals surface area contributed by atoms with E-state index in [9.17, 15) is 4.79 Å². The molecule has 0 aliphatic heterocycles. The minimum absolute atomic E-state index is 0.189. The summed E-state index contributed by atoms with van der Waals surface area (Å²) in [6.45, 7) is 2.04. The second-order valence-corrected chi connectivity index (χ2v) is 3.41. The highest BCUT2D eigenvalue weighted by Gasteiger charge is 2.34. The fraction of sp³-hybridized carbons (Fsp3) is 0.778. The Morgan fingerprint density at radius 1 is 1.62 bits per heavy atom. The van der Waals surface area contributed by atoms with Crippen molar-refractivity contribution in [2.75, 3.05) is 0 Å². The molecule has 1 saturated carbocycles. The highest BCUT2D eigenvalue weighted by molar-refractivity contribution is 6.21. The van der Waals surface area contributed by atoms with Crippen LogP contribution in [0.4, 0.5) is 0 Å². The second-order valence-electron chi connectivity index (χ2n) is 3.41. The van der Waals surface area contributed by atoms with Gasteiger partial charge < -0.3 is 9.94 Å². The van der Waals surface area contributed by atoms with E-state index in [1.807, 2.05) is 6.92 Å². The molecule has 1 fully saturated rings. The molecule has 0 aromatic rings. The smallest absolute Gasteiger partial charge is 0.350 e. The third kappa shape index (κ3) is 2.72. The predicted octanol–water partition coefficient (Wildman–Crippen LogP) is 1.80. The van der Waals surface area contributed by atoms with Crippen LogP contribution in [0.2, 0.25) is 0 Å². The molecular formula is C9H15NO3. The average Bonchev–Trinajstić information content (AvgIpc) is 2.53. The molecule has 0 atom stereocenters. The van der Waals surface area contributed by atoms with Gasteiger partial charge in [0.15, 0.2) is 6.21 Å². The van der Waals surface area contributed by atoms with Crippen molar-refractivity contribution in [3.63, 3.8) is 0 Å². The molecule has 4 heteroatoms. The maximum Gasteiger partial charge on any atom is 0.350 e. The van der Waals surface area contributed by atoms with Crippen molar-refractivity contribution in [1.82, 2.24) is 0 Å². The van der Waals surface area contributed by atoms with Gasteiger partial charge in [-0.1, -0.05) is 12.1 Å². The van der Waals surface area contributed by atoms with Crippen LogP contribution in [0.1, 0.15) is 39.0 Å². The number of nitrogens with zero attached hydrogens (tertiary/aromatic N) is 1. The van der Waals surface area contributed by atoms with Crippen LogP contribution in [0.3, 0.4) is 0 Å². The van der Waals surface area contributed by atoms with Crippen LogP contribution in [-0.4, -0.2) is 22.9 Å². The van der Waals surface area contributed by atoms with Gasteiger partial charge in [-0.25, -0.2) is 4.79 Å². The third-order valence-corrected chi connectivity index (χ3v) is 2.57. The lowest BCUT2D eigenvalue weighted by Gasteiger charge is -2.24. The summed E-state index contributed by atoms with van der Waals surface area (Å²) >= 11 is 0. The van der Waals surface area contributed by atoms with Crippen LogP contribution in [0.15, 0.2) is 5.16 Å². The number of hydrogen-bond donors (Lipinski definition) is 1. The van der Waals surface area contributed by atoms with Gasteiger partial charge in [-0.3, -0.25) is 0 Å². The molecule has 0 spiro atoms. The maximum atomic E-state index is 10.1. The van der Waals surface area contributed by atoms with Crippen molar-refractivity contribution in [3.05, 3.63) is 0 Å². The molecule has 4 nitrogen and oxygen atoms in total. The monoisotopic (exact) mass is 185 g/mol. The van der Waals surface area contributed by atoms with Gasteiger partial charge in [-0.15, -0.1) is 0 Å². The second kappa shape index (κ2) is 4.25. The van der Waals surface area contributed by atoms with Crippen molar-refractivity contribution in [3.8, 4) is 0 Å². The van der Waals surface area contributed by atoms with E-state index in [-0.39, 0.29) is 5.60 Å². The van der Waals surface area contributed by atoms with E-state index >= 15 is 0 Å². The first-order chi connectivity index (χ1) is 6.18. The summed E-state index contributed by atoms with van der Waals surface area (Å²) < 4.78 is 0. The van der Waals surface area contributed by atoms with E-state index in [0.717, 1.165) is 38.3 Å². The van der Waals surface area contributed by atoms with Crippen molar-refractivity contribution < 1.29 is 14.7 Å². The molecule has 0 radical (unpaired) electrons. The van der Waals surface area contributed by atoms with Gasteiger partial charge in [-0.2, -0.15) is 0 Å². The van der Waals surface area contributed by atoms with Crippen LogP contribution in [-0.2, 0) is 9.63 Å². The lowest BCUT2D eigenvalue weighted by Crippen LogP contribution is -2.25. The largest absolute Gasteiger partial charge is 0.477 e. The fourth-order valence-electron chi connectivity index (χ4n) is 1.71. The maximum absolute atomic E-state index is 10.1. The van der Waals surface area contributed by atoms with Crippen LogP contribution in [0.5, 0.6) is 0 Å². The molecule has 0 aromatic carbocycles. The molecular weight excluding hydrogens is 170 g/mol. The number of aliphatic carboxylic acids is 1. The lowest BCUT2D eigenvalue weighted by atomic mass is 9.99. The number of carboxylic acids is 1. The van der Waals surface area contributed by atoms with E-state index in [1.54, 1.807) is 0 Å². The van der Waals surface area contributed by atoms with Crippen LogP contribution in [0.25, 0.3) is 0 Å². The molecule has 1 N–H and O–H groups in total. The molecule has 13 heavy (non-hydrogen) atoms. The third-order valence-electron chi connectivity index (χ3n) is 2.57. The van der Waals surface area contributed by atoms with E-state index in [1.165, 1.54) is 0 Å². The number of oxime groups is 1. The summed E-state index contributed by atoms with van der Waals surface area (Å²) in [6, 6.07) is 0. The quantitative estimate of drug-likeness (QED) is 0.536. The summed E-state index contributed by atoms with van der Waals surface area (Å²) in [5.74, 6) is -1.07. The minimum Gasteiger partial charge on any atom is -0.477 e. The Bertz CT molecular complexity index is 207. The summed E-state index contributed by atoms with van der Waals surface area (Å²) in [5.41, 5.74) is -0.189. The van der Waals surface area contributed by atoms with Crippen molar-refractivity contribution in [2.45, 2.75) is 44.6 Å². The molecule has 1 aliphatic carbocycles. The molecule has 1 rings (SSSR count). The number of rotatable bonds is 4. The van der Waals surface area contributed by atoms with E-state index in [2.05, 4.69) is 5.16 Å². The van der Waals surface area contributed by atoms with Gasteiger partial charge in [0.1, 0.15) is 5.60 Å². The Morgan fingerprint density at radius 2 is 2.23 bits per heavy atom. The van der Waals surface area contributed by atoms with Gasteiger partial charge in [0.25, 0.3) is 0 Å². The summed E-state index contributed by atoms with van der Waals surface area (Å²) in [4.78, 5) is 15.4. The highest BCUT2D eigenvalue weighted by Crippen LogP contribution is 2.35. The lowest BCUT2D eigenvalue weighted by molar-refractivity contribution is -0.129.